The number of methoxy groups -OCH3 is 1. The van der Waals surface area contributed by atoms with Gasteiger partial charge in [-0.3, -0.25) is 0 Å². The average molecular weight is 261 g/mol. The van der Waals surface area contributed by atoms with Gasteiger partial charge >= 0.3 is 0 Å². The molecule has 2 aromatic rings. The molecule has 0 spiro atoms. The van der Waals surface area contributed by atoms with Crippen LogP contribution in [0.2, 0.25) is 0 Å². The number of hydrogen-bond acceptors (Lipinski definition) is 3. The Labute approximate surface area is 112 Å². The van der Waals surface area contributed by atoms with Gasteiger partial charge < -0.3 is 10.5 Å². The minimum atomic E-state index is -0.120. The van der Waals surface area contributed by atoms with Gasteiger partial charge in [-0.2, -0.15) is 11.3 Å². The molecule has 18 heavy (non-hydrogen) atoms. The smallest absolute Gasteiger partial charge is 0.123 e. The second kappa shape index (κ2) is 5.55. The number of rotatable bonds is 4. The highest BCUT2D eigenvalue weighted by molar-refractivity contribution is 7.08. The SMILES string of the molecule is COc1ccc(C(C)C)cc1[C@@H](N)c1ccsc1. The maximum Gasteiger partial charge on any atom is 0.123 e. The van der Waals surface area contributed by atoms with E-state index in [0.717, 1.165) is 16.9 Å². The molecule has 96 valence electrons. The maximum absolute atomic E-state index is 6.33. The van der Waals surface area contributed by atoms with Crippen molar-refractivity contribution in [1.29, 1.82) is 0 Å². The molecule has 1 atom stereocenters. The summed E-state index contributed by atoms with van der Waals surface area (Å²) < 4.78 is 5.42. The van der Waals surface area contributed by atoms with Crippen LogP contribution in [0.5, 0.6) is 5.75 Å². The van der Waals surface area contributed by atoms with Crippen LogP contribution in [0.4, 0.5) is 0 Å². The van der Waals surface area contributed by atoms with Crippen LogP contribution >= 0.6 is 11.3 Å². The third-order valence-electron chi connectivity index (χ3n) is 3.16. The first-order valence-corrected chi connectivity index (χ1v) is 7.03. The van der Waals surface area contributed by atoms with Gasteiger partial charge in [-0.25, -0.2) is 0 Å². The molecule has 0 aliphatic carbocycles. The lowest BCUT2D eigenvalue weighted by molar-refractivity contribution is 0.407. The minimum Gasteiger partial charge on any atom is -0.496 e. The summed E-state index contributed by atoms with van der Waals surface area (Å²) in [6.45, 7) is 4.36. The Bertz CT molecular complexity index is 505. The molecule has 0 aliphatic rings. The Morgan fingerprint density at radius 1 is 1.17 bits per heavy atom. The van der Waals surface area contributed by atoms with Gasteiger partial charge in [-0.05, 0) is 46.0 Å². The van der Waals surface area contributed by atoms with E-state index >= 15 is 0 Å². The predicted molar refractivity (Wildman–Crippen MR) is 77.4 cm³/mol. The summed E-state index contributed by atoms with van der Waals surface area (Å²) in [6.07, 6.45) is 0. The summed E-state index contributed by atoms with van der Waals surface area (Å²) in [6, 6.07) is 8.22. The predicted octanol–water partition coefficient (Wildman–Crippen LogP) is 3.93. The number of ether oxygens (including phenoxy) is 1. The largest absolute Gasteiger partial charge is 0.496 e. The zero-order valence-electron chi connectivity index (χ0n) is 11.0. The third-order valence-corrected chi connectivity index (χ3v) is 3.86. The zero-order valence-corrected chi connectivity index (χ0v) is 11.8. The van der Waals surface area contributed by atoms with Gasteiger partial charge in [-0.1, -0.05) is 19.9 Å². The van der Waals surface area contributed by atoms with Crippen LogP contribution in [-0.4, -0.2) is 7.11 Å². The topological polar surface area (TPSA) is 35.2 Å². The molecule has 2 rings (SSSR count). The lowest BCUT2D eigenvalue weighted by atomic mass is 9.95. The fourth-order valence-electron chi connectivity index (χ4n) is 1.99. The van der Waals surface area contributed by atoms with Crippen LogP contribution in [0, 0.1) is 0 Å². The van der Waals surface area contributed by atoms with Crippen molar-refractivity contribution in [2.24, 2.45) is 5.73 Å². The summed E-state index contributed by atoms with van der Waals surface area (Å²) in [5, 5.41) is 4.14. The van der Waals surface area contributed by atoms with E-state index < -0.39 is 0 Å². The van der Waals surface area contributed by atoms with Crippen LogP contribution in [-0.2, 0) is 0 Å². The molecule has 2 nitrogen and oxygen atoms in total. The summed E-state index contributed by atoms with van der Waals surface area (Å²) in [7, 11) is 1.69. The molecule has 0 saturated carbocycles. The molecule has 0 unspecified atom stereocenters. The van der Waals surface area contributed by atoms with Crippen molar-refractivity contribution >= 4 is 11.3 Å². The second-order valence-corrected chi connectivity index (χ2v) is 5.47. The molecule has 2 N–H and O–H groups in total. The van der Waals surface area contributed by atoms with E-state index in [4.69, 9.17) is 10.5 Å². The van der Waals surface area contributed by atoms with E-state index in [2.05, 4.69) is 37.4 Å². The van der Waals surface area contributed by atoms with Crippen LogP contribution in [0.1, 0.15) is 42.5 Å². The highest BCUT2D eigenvalue weighted by Crippen LogP contribution is 2.32. The van der Waals surface area contributed by atoms with Crippen LogP contribution in [0.15, 0.2) is 35.0 Å². The molecule has 0 amide bonds. The Morgan fingerprint density at radius 2 is 1.94 bits per heavy atom. The third kappa shape index (κ3) is 2.57. The fourth-order valence-corrected chi connectivity index (χ4v) is 2.68. The van der Waals surface area contributed by atoms with Gasteiger partial charge in [-0.15, -0.1) is 0 Å². The van der Waals surface area contributed by atoms with Crippen molar-refractivity contribution in [1.82, 2.24) is 0 Å². The molecule has 1 aromatic carbocycles. The molecule has 0 radical (unpaired) electrons. The van der Waals surface area contributed by atoms with Crippen molar-refractivity contribution in [2.45, 2.75) is 25.8 Å². The van der Waals surface area contributed by atoms with Crippen molar-refractivity contribution in [3.63, 3.8) is 0 Å². The van der Waals surface area contributed by atoms with Gasteiger partial charge in [0.25, 0.3) is 0 Å². The van der Waals surface area contributed by atoms with Gasteiger partial charge in [0.15, 0.2) is 0 Å². The molecule has 0 aliphatic heterocycles. The fraction of sp³-hybridized carbons (Fsp3) is 0.333. The Morgan fingerprint density at radius 3 is 2.50 bits per heavy atom. The molecular formula is C15H19NOS. The lowest BCUT2D eigenvalue weighted by Crippen LogP contribution is -2.12. The van der Waals surface area contributed by atoms with Crippen molar-refractivity contribution in [2.75, 3.05) is 7.11 Å². The normalized spacial score (nSPS) is 12.7. The van der Waals surface area contributed by atoms with Crippen LogP contribution in [0.3, 0.4) is 0 Å². The average Bonchev–Trinajstić information content (AvgIpc) is 2.90. The van der Waals surface area contributed by atoms with Crippen molar-refractivity contribution < 1.29 is 4.74 Å². The molecule has 3 heteroatoms. The quantitative estimate of drug-likeness (QED) is 0.905. The lowest BCUT2D eigenvalue weighted by Gasteiger charge is -2.17. The molecule has 1 aromatic heterocycles. The molecule has 1 heterocycles. The summed E-state index contributed by atoms with van der Waals surface area (Å²) in [4.78, 5) is 0. The number of thiophene rings is 1. The molecular weight excluding hydrogens is 242 g/mol. The Kier molecular flexibility index (Phi) is 4.04. The summed E-state index contributed by atoms with van der Waals surface area (Å²) in [5.41, 5.74) is 9.82. The van der Waals surface area contributed by atoms with Crippen LogP contribution < -0.4 is 10.5 Å². The first kappa shape index (κ1) is 13.1. The van der Waals surface area contributed by atoms with Gasteiger partial charge in [0.05, 0.1) is 13.2 Å². The van der Waals surface area contributed by atoms with E-state index in [-0.39, 0.29) is 6.04 Å². The van der Waals surface area contributed by atoms with Crippen molar-refractivity contribution in [3.05, 3.63) is 51.7 Å². The maximum atomic E-state index is 6.33. The summed E-state index contributed by atoms with van der Waals surface area (Å²) in [5.74, 6) is 1.35. The van der Waals surface area contributed by atoms with Gasteiger partial charge in [0.1, 0.15) is 5.75 Å². The van der Waals surface area contributed by atoms with E-state index in [0.29, 0.717) is 5.92 Å². The minimum absolute atomic E-state index is 0.120. The van der Waals surface area contributed by atoms with E-state index in [1.54, 1.807) is 18.4 Å². The number of benzene rings is 1. The summed E-state index contributed by atoms with van der Waals surface area (Å²) >= 11 is 1.67. The zero-order chi connectivity index (χ0) is 13.1. The molecule has 0 fully saturated rings. The molecule has 0 saturated heterocycles. The second-order valence-electron chi connectivity index (χ2n) is 4.69. The molecule has 0 bridgehead atoms. The van der Waals surface area contributed by atoms with Crippen LogP contribution in [0.25, 0.3) is 0 Å². The van der Waals surface area contributed by atoms with E-state index in [1.807, 2.05) is 11.4 Å². The van der Waals surface area contributed by atoms with Gasteiger partial charge in [0, 0.05) is 5.56 Å². The first-order valence-electron chi connectivity index (χ1n) is 6.09. The highest BCUT2D eigenvalue weighted by Gasteiger charge is 2.15. The monoisotopic (exact) mass is 261 g/mol. The number of hydrogen-bond donors (Lipinski definition) is 1. The van der Waals surface area contributed by atoms with Gasteiger partial charge in [0.2, 0.25) is 0 Å². The first-order chi connectivity index (χ1) is 8.63. The standard InChI is InChI=1S/C15H19NOS/c1-10(2)11-4-5-14(17-3)13(8-11)15(16)12-6-7-18-9-12/h4-10,15H,16H2,1-3H3/t15-/m0/s1. The van der Waals surface area contributed by atoms with E-state index in [1.165, 1.54) is 5.56 Å². The highest BCUT2D eigenvalue weighted by atomic mass is 32.1. The Hall–Kier alpha value is -1.32. The Balaban J connectivity index is 2.43. The van der Waals surface area contributed by atoms with Crippen molar-refractivity contribution in [3.8, 4) is 5.75 Å². The number of nitrogens with two attached hydrogens (primary N) is 1. The van der Waals surface area contributed by atoms with E-state index in [9.17, 15) is 0 Å².